The first-order chi connectivity index (χ1) is 18.7. The molecule has 0 spiro atoms. The molecular formula is C30H35Cl2F2NO5. The van der Waals surface area contributed by atoms with Crippen molar-refractivity contribution in [3.05, 3.63) is 57.6 Å². The highest BCUT2D eigenvalue weighted by Crippen LogP contribution is 2.71. The van der Waals surface area contributed by atoms with Gasteiger partial charge < -0.3 is 10.2 Å². The Morgan fingerprint density at radius 3 is 2.60 bits per heavy atom. The second kappa shape index (κ2) is 9.96. The van der Waals surface area contributed by atoms with E-state index >= 15 is 8.78 Å². The molecule has 10 heteroatoms. The number of ketones is 2. The molecule has 1 unspecified atom stereocenters. The van der Waals surface area contributed by atoms with Crippen LogP contribution in [-0.4, -0.2) is 64.0 Å². The van der Waals surface area contributed by atoms with Crippen LogP contribution >= 0.6 is 23.2 Å². The van der Waals surface area contributed by atoms with Gasteiger partial charge >= 0.3 is 0 Å². The van der Waals surface area contributed by atoms with Crippen LogP contribution in [0.3, 0.4) is 0 Å². The topological polar surface area (TPSA) is 87.1 Å². The number of aliphatic hydroxyl groups excluding tert-OH is 2. The van der Waals surface area contributed by atoms with Gasteiger partial charge in [0.1, 0.15) is 12.8 Å². The molecule has 1 aromatic rings. The smallest absolute Gasteiger partial charge is 0.192 e. The molecule has 0 aromatic heterocycles. The summed E-state index contributed by atoms with van der Waals surface area (Å²) in [6.07, 6.45) is 0.517. The maximum Gasteiger partial charge on any atom is 0.192 e. The SMILES string of the molecule is C[C@@H]1CC2[C@@H]3C[C@H](F)C4=CC(=O)C=C[C@]4(C)[C@@]3(F)[C@@H](O)C[C@]2(C)[C@@]1(ON(C)Cc1cccc(Cl)c1Cl)C(=O)CO. The summed E-state index contributed by atoms with van der Waals surface area (Å²) in [5.74, 6) is -3.03. The van der Waals surface area contributed by atoms with E-state index in [0.717, 1.165) is 6.08 Å². The molecule has 0 saturated heterocycles. The molecule has 0 amide bonds. The molecule has 40 heavy (non-hydrogen) atoms. The number of benzene rings is 1. The fraction of sp³-hybridized carbons (Fsp3) is 0.600. The summed E-state index contributed by atoms with van der Waals surface area (Å²) >= 11 is 12.6. The second-order valence-corrected chi connectivity index (χ2v) is 13.2. The summed E-state index contributed by atoms with van der Waals surface area (Å²) in [7, 11) is 1.63. The summed E-state index contributed by atoms with van der Waals surface area (Å²) in [6, 6.07) is 5.17. The molecule has 5 rings (SSSR count). The number of hydroxylamine groups is 2. The van der Waals surface area contributed by atoms with Crippen LogP contribution in [0.25, 0.3) is 0 Å². The Morgan fingerprint density at radius 1 is 1.23 bits per heavy atom. The van der Waals surface area contributed by atoms with Crippen LogP contribution in [0.2, 0.25) is 10.0 Å². The number of Topliss-reactive ketones (excluding diaryl/α,β-unsaturated/α-hetero) is 1. The number of carbonyl (C=O) groups is 2. The predicted octanol–water partition coefficient (Wildman–Crippen LogP) is 5.22. The summed E-state index contributed by atoms with van der Waals surface area (Å²) in [4.78, 5) is 32.3. The van der Waals surface area contributed by atoms with Crippen LogP contribution in [-0.2, 0) is 21.0 Å². The maximum absolute atomic E-state index is 17.5. The number of aliphatic hydroxyl groups is 2. The zero-order valence-electron chi connectivity index (χ0n) is 23.0. The van der Waals surface area contributed by atoms with E-state index < -0.39 is 70.3 Å². The summed E-state index contributed by atoms with van der Waals surface area (Å²) in [5, 5.41) is 23.9. The van der Waals surface area contributed by atoms with Gasteiger partial charge in [0.25, 0.3) is 0 Å². The van der Waals surface area contributed by atoms with Crippen molar-refractivity contribution in [2.75, 3.05) is 13.7 Å². The first-order valence-electron chi connectivity index (χ1n) is 13.6. The maximum atomic E-state index is 17.5. The molecule has 4 aliphatic carbocycles. The van der Waals surface area contributed by atoms with Crippen molar-refractivity contribution in [1.82, 2.24) is 5.06 Å². The minimum atomic E-state index is -2.28. The number of carbonyl (C=O) groups excluding carboxylic acids is 2. The van der Waals surface area contributed by atoms with Gasteiger partial charge in [-0.25, -0.2) is 8.78 Å². The molecule has 0 radical (unpaired) electrons. The number of fused-ring (bicyclic) bond motifs is 5. The Morgan fingerprint density at radius 2 is 1.93 bits per heavy atom. The highest BCUT2D eigenvalue weighted by molar-refractivity contribution is 6.42. The molecule has 3 saturated carbocycles. The normalized spacial score (nSPS) is 42.3. The third kappa shape index (κ3) is 3.86. The van der Waals surface area contributed by atoms with Crippen LogP contribution in [0, 0.1) is 28.6 Å². The van der Waals surface area contributed by atoms with Crippen molar-refractivity contribution < 1.29 is 33.4 Å². The molecular weight excluding hydrogens is 563 g/mol. The summed E-state index contributed by atoms with van der Waals surface area (Å²) in [6.45, 7) is 4.46. The Balaban J connectivity index is 1.57. The lowest BCUT2D eigenvalue weighted by atomic mass is 9.44. The van der Waals surface area contributed by atoms with Gasteiger partial charge in [-0.05, 0) is 67.4 Å². The molecule has 0 bridgehead atoms. The number of rotatable bonds is 6. The van der Waals surface area contributed by atoms with Gasteiger partial charge in [0, 0.05) is 23.8 Å². The Bertz CT molecular complexity index is 1310. The quantitative estimate of drug-likeness (QED) is 0.437. The summed E-state index contributed by atoms with van der Waals surface area (Å²) < 4.78 is 33.3. The van der Waals surface area contributed by atoms with Crippen LogP contribution in [0.1, 0.15) is 45.6 Å². The van der Waals surface area contributed by atoms with Crippen LogP contribution < -0.4 is 0 Å². The average Bonchev–Trinajstić information content (AvgIpc) is 3.11. The van der Waals surface area contributed by atoms with E-state index in [1.807, 2.05) is 6.92 Å². The number of halogens is 4. The average molecular weight is 599 g/mol. The lowest BCUT2D eigenvalue weighted by Crippen LogP contribution is -2.71. The highest BCUT2D eigenvalue weighted by Gasteiger charge is 2.77. The van der Waals surface area contributed by atoms with Crippen LogP contribution in [0.15, 0.2) is 42.0 Å². The number of nitrogens with zero attached hydrogens (tertiary/aromatic N) is 1. The highest BCUT2D eigenvalue weighted by atomic mass is 35.5. The fourth-order valence-corrected chi connectivity index (χ4v) is 9.05. The van der Waals surface area contributed by atoms with Gasteiger partial charge in [-0.15, -0.1) is 0 Å². The van der Waals surface area contributed by atoms with E-state index in [0.29, 0.717) is 22.0 Å². The predicted molar refractivity (Wildman–Crippen MR) is 147 cm³/mol. The molecule has 0 aliphatic heterocycles. The van der Waals surface area contributed by atoms with Gasteiger partial charge in [-0.3, -0.25) is 14.4 Å². The molecule has 218 valence electrons. The Labute approximate surface area is 242 Å². The van der Waals surface area contributed by atoms with Crippen molar-refractivity contribution in [3.8, 4) is 0 Å². The van der Waals surface area contributed by atoms with Crippen molar-refractivity contribution in [2.45, 2.75) is 70.1 Å². The minimum absolute atomic E-state index is 0.0412. The van der Waals surface area contributed by atoms with Gasteiger partial charge in [0.05, 0.1) is 22.7 Å². The van der Waals surface area contributed by atoms with Gasteiger partial charge in [0.2, 0.25) is 0 Å². The van der Waals surface area contributed by atoms with Gasteiger partial charge in [-0.2, -0.15) is 5.06 Å². The van der Waals surface area contributed by atoms with E-state index in [1.165, 1.54) is 24.1 Å². The van der Waals surface area contributed by atoms with Gasteiger partial charge in [-0.1, -0.05) is 55.3 Å². The first-order valence-corrected chi connectivity index (χ1v) is 14.4. The number of alkyl halides is 2. The third-order valence-electron chi connectivity index (χ3n) is 10.5. The molecule has 2 N–H and O–H groups in total. The largest absolute Gasteiger partial charge is 0.390 e. The van der Waals surface area contributed by atoms with Crippen LogP contribution in [0.4, 0.5) is 8.78 Å². The van der Waals surface area contributed by atoms with E-state index in [2.05, 4.69) is 0 Å². The number of allylic oxidation sites excluding steroid dienone is 4. The molecule has 9 atom stereocenters. The molecule has 6 nitrogen and oxygen atoms in total. The Kier molecular flexibility index (Phi) is 7.42. The first kappa shape index (κ1) is 29.8. The monoisotopic (exact) mass is 597 g/mol. The molecule has 1 aromatic carbocycles. The van der Waals surface area contributed by atoms with E-state index in [9.17, 15) is 19.8 Å². The Hall–Kier alpha value is -1.68. The van der Waals surface area contributed by atoms with E-state index in [1.54, 1.807) is 32.2 Å². The minimum Gasteiger partial charge on any atom is -0.390 e. The lowest BCUT2D eigenvalue weighted by Gasteiger charge is -2.63. The van der Waals surface area contributed by atoms with Crippen molar-refractivity contribution in [1.29, 1.82) is 0 Å². The zero-order chi connectivity index (χ0) is 29.4. The van der Waals surface area contributed by atoms with E-state index in [4.69, 9.17) is 28.0 Å². The number of hydrogen-bond donors (Lipinski definition) is 2. The lowest BCUT2D eigenvalue weighted by molar-refractivity contribution is -0.295. The fourth-order valence-electron chi connectivity index (χ4n) is 8.67. The molecule has 0 heterocycles. The van der Waals surface area contributed by atoms with Crippen molar-refractivity contribution >= 4 is 34.8 Å². The summed E-state index contributed by atoms with van der Waals surface area (Å²) in [5.41, 5.74) is -5.89. The molecule has 4 aliphatic rings. The number of hydrogen-bond acceptors (Lipinski definition) is 6. The van der Waals surface area contributed by atoms with Gasteiger partial charge in [0.15, 0.2) is 22.8 Å². The van der Waals surface area contributed by atoms with Crippen molar-refractivity contribution in [3.63, 3.8) is 0 Å². The second-order valence-electron chi connectivity index (χ2n) is 12.4. The third-order valence-corrected chi connectivity index (χ3v) is 11.3. The zero-order valence-corrected chi connectivity index (χ0v) is 24.5. The standard InChI is InChI=1S/C30H35Cl2F2NO5/c1-16-10-19-20-12-23(33)21-11-18(37)8-9-27(21,2)29(20,34)24(38)13-28(19,3)30(16,25(39)15-36)40-35(4)14-17-6-5-7-22(31)26(17)32/h5-9,11,16,19-20,23-24,36,38H,10,12-15H2,1-4H3/t16-,19?,20+,23+,24+,27+,28+,29+,30+/m1/s1. The van der Waals surface area contributed by atoms with E-state index in [-0.39, 0.29) is 25.0 Å². The molecule has 3 fully saturated rings. The van der Waals surface area contributed by atoms with Crippen LogP contribution in [0.5, 0.6) is 0 Å². The van der Waals surface area contributed by atoms with Crippen molar-refractivity contribution in [2.24, 2.45) is 28.6 Å².